The maximum Gasteiger partial charge on any atom is 0.0650 e. The van der Waals surface area contributed by atoms with Crippen LogP contribution < -0.4 is 0 Å². The molecule has 0 spiro atoms. The zero-order valence-corrected chi connectivity index (χ0v) is 10.3. The van der Waals surface area contributed by atoms with E-state index in [0.717, 1.165) is 37.0 Å². The van der Waals surface area contributed by atoms with Crippen LogP contribution in [-0.2, 0) is 0 Å². The second-order valence-electron chi connectivity index (χ2n) is 6.31. The summed E-state index contributed by atoms with van der Waals surface area (Å²) < 4.78 is 0. The summed E-state index contributed by atoms with van der Waals surface area (Å²) >= 11 is 0. The first-order valence-corrected chi connectivity index (χ1v) is 6.81. The molecule has 0 aliphatic heterocycles. The van der Waals surface area contributed by atoms with Crippen molar-refractivity contribution in [3.63, 3.8) is 0 Å². The van der Waals surface area contributed by atoms with Gasteiger partial charge in [0.25, 0.3) is 0 Å². The summed E-state index contributed by atoms with van der Waals surface area (Å²) in [6, 6.07) is 0. The Morgan fingerprint density at radius 1 is 1.13 bits per heavy atom. The molecule has 2 unspecified atom stereocenters. The first-order valence-electron chi connectivity index (χ1n) is 6.81. The summed E-state index contributed by atoms with van der Waals surface area (Å²) in [6.45, 7) is 4.66. The fourth-order valence-electron chi connectivity index (χ4n) is 3.15. The lowest BCUT2D eigenvalue weighted by molar-refractivity contribution is 0.00972. The van der Waals surface area contributed by atoms with Crippen LogP contribution in [0.3, 0.4) is 0 Å². The summed E-state index contributed by atoms with van der Waals surface area (Å²) in [6.07, 6.45) is 9.79. The molecule has 0 amide bonds. The van der Waals surface area contributed by atoms with Gasteiger partial charge in [0.05, 0.1) is 5.60 Å². The van der Waals surface area contributed by atoms with E-state index < -0.39 is 0 Å². The maximum absolute atomic E-state index is 10.6. The van der Waals surface area contributed by atoms with Gasteiger partial charge in [-0.05, 0) is 43.4 Å². The van der Waals surface area contributed by atoms with Crippen molar-refractivity contribution in [2.45, 2.75) is 70.8 Å². The van der Waals surface area contributed by atoms with Gasteiger partial charge in [-0.2, -0.15) is 0 Å². The molecule has 2 fully saturated rings. The molecule has 0 heterocycles. The van der Waals surface area contributed by atoms with Crippen molar-refractivity contribution in [1.82, 2.24) is 0 Å². The highest BCUT2D eigenvalue weighted by molar-refractivity contribution is 4.89. The summed E-state index contributed by atoms with van der Waals surface area (Å²) in [4.78, 5) is 0. The first-order chi connectivity index (χ1) is 7.09. The average Bonchev–Trinajstić information content (AvgIpc) is 2.94. The Balaban J connectivity index is 1.87. The van der Waals surface area contributed by atoms with E-state index in [9.17, 15) is 5.11 Å². The summed E-state index contributed by atoms with van der Waals surface area (Å²) in [5, 5.41) is 10.6. The third kappa shape index (κ3) is 3.21. The van der Waals surface area contributed by atoms with Gasteiger partial charge < -0.3 is 5.11 Å². The molecular formula is C14H26O. The standard InChI is InChI=1S/C14H26O/c1-11(2)13-4-3-8-14(15,9-7-13)10-12-5-6-12/h11-13,15H,3-10H2,1-2H3. The lowest BCUT2D eigenvalue weighted by Crippen LogP contribution is -2.28. The Kier molecular flexibility index (Phi) is 3.39. The molecular weight excluding hydrogens is 184 g/mol. The smallest absolute Gasteiger partial charge is 0.0650 e. The van der Waals surface area contributed by atoms with Crippen LogP contribution >= 0.6 is 0 Å². The molecule has 2 saturated carbocycles. The number of rotatable bonds is 3. The zero-order chi connectivity index (χ0) is 10.9. The van der Waals surface area contributed by atoms with Crippen LogP contribution in [0.4, 0.5) is 0 Å². The molecule has 2 aliphatic carbocycles. The molecule has 2 aliphatic rings. The van der Waals surface area contributed by atoms with Gasteiger partial charge in [0, 0.05) is 0 Å². The highest BCUT2D eigenvalue weighted by atomic mass is 16.3. The zero-order valence-electron chi connectivity index (χ0n) is 10.3. The minimum absolute atomic E-state index is 0.287. The molecule has 15 heavy (non-hydrogen) atoms. The van der Waals surface area contributed by atoms with E-state index >= 15 is 0 Å². The molecule has 0 saturated heterocycles. The third-order valence-corrected chi connectivity index (χ3v) is 4.51. The molecule has 0 aromatic heterocycles. The van der Waals surface area contributed by atoms with E-state index in [1.807, 2.05) is 0 Å². The molecule has 1 heteroatoms. The van der Waals surface area contributed by atoms with Gasteiger partial charge in [0.1, 0.15) is 0 Å². The molecule has 1 nitrogen and oxygen atoms in total. The fourth-order valence-corrected chi connectivity index (χ4v) is 3.15. The van der Waals surface area contributed by atoms with Crippen molar-refractivity contribution in [1.29, 1.82) is 0 Å². The van der Waals surface area contributed by atoms with Crippen LogP contribution in [0.2, 0.25) is 0 Å². The van der Waals surface area contributed by atoms with E-state index in [4.69, 9.17) is 0 Å². The largest absolute Gasteiger partial charge is 0.390 e. The Morgan fingerprint density at radius 3 is 2.47 bits per heavy atom. The molecule has 2 atom stereocenters. The normalized spacial score (nSPS) is 38.0. The molecule has 1 N–H and O–H groups in total. The van der Waals surface area contributed by atoms with Crippen molar-refractivity contribution >= 4 is 0 Å². The van der Waals surface area contributed by atoms with Crippen molar-refractivity contribution < 1.29 is 5.11 Å². The summed E-state index contributed by atoms with van der Waals surface area (Å²) in [5.74, 6) is 2.53. The highest BCUT2D eigenvalue weighted by Crippen LogP contribution is 2.43. The van der Waals surface area contributed by atoms with E-state index in [1.54, 1.807) is 0 Å². The Labute approximate surface area is 94.3 Å². The molecule has 88 valence electrons. The lowest BCUT2D eigenvalue weighted by Gasteiger charge is -2.27. The first kappa shape index (κ1) is 11.4. The minimum Gasteiger partial charge on any atom is -0.390 e. The Morgan fingerprint density at radius 2 is 1.87 bits per heavy atom. The predicted octanol–water partition coefficient (Wildman–Crippen LogP) is 3.75. The van der Waals surface area contributed by atoms with E-state index in [2.05, 4.69) is 13.8 Å². The molecule has 0 radical (unpaired) electrons. The maximum atomic E-state index is 10.6. The van der Waals surface area contributed by atoms with E-state index in [0.29, 0.717) is 0 Å². The van der Waals surface area contributed by atoms with Gasteiger partial charge in [-0.15, -0.1) is 0 Å². The van der Waals surface area contributed by atoms with Crippen LogP contribution in [-0.4, -0.2) is 10.7 Å². The lowest BCUT2D eigenvalue weighted by atomic mass is 9.86. The van der Waals surface area contributed by atoms with Crippen molar-refractivity contribution in [2.75, 3.05) is 0 Å². The van der Waals surface area contributed by atoms with Crippen molar-refractivity contribution in [3.8, 4) is 0 Å². The molecule has 0 aromatic carbocycles. The number of hydrogen-bond donors (Lipinski definition) is 1. The van der Waals surface area contributed by atoms with Crippen molar-refractivity contribution in [3.05, 3.63) is 0 Å². The van der Waals surface area contributed by atoms with Crippen LogP contribution in [0.25, 0.3) is 0 Å². The highest BCUT2D eigenvalue weighted by Gasteiger charge is 2.36. The van der Waals surface area contributed by atoms with E-state index in [-0.39, 0.29) is 5.60 Å². The van der Waals surface area contributed by atoms with Gasteiger partial charge >= 0.3 is 0 Å². The van der Waals surface area contributed by atoms with Gasteiger partial charge in [0.2, 0.25) is 0 Å². The Bertz CT molecular complexity index is 207. The van der Waals surface area contributed by atoms with Crippen LogP contribution in [0.1, 0.15) is 65.2 Å². The minimum atomic E-state index is -0.287. The molecule has 0 aromatic rings. The summed E-state index contributed by atoms with van der Waals surface area (Å²) in [7, 11) is 0. The topological polar surface area (TPSA) is 20.2 Å². The fraction of sp³-hybridized carbons (Fsp3) is 1.00. The van der Waals surface area contributed by atoms with Crippen LogP contribution in [0.5, 0.6) is 0 Å². The predicted molar refractivity (Wildman–Crippen MR) is 63.7 cm³/mol. The van der Waals surface area contributed by atoms with E-state index in [1.165, 1.54) is 32.1 Å². The number of hydrogen-bond acceptors (Lipinski definition) is 1. The molecule has 0 bridgehead atoms. The van der Waals surface area contributed by atoms with Gasteiger partial charge in [-0.3, -0.25) is 0 Å². The van der Waals surface area contributed by atoms with Crippen molar-refractivity contribution in [2.24, 2.45) is 17.8 Å². The monoisotopic (exact) mass is 210 g/mol. The summed E-state index contributed by atoms with van der Waals surface area (Å²) in [5.41, 5.74) is -0.287. The quantitative estimate of drug-likeness (QED) is 0.703. The van der Waals surface area contributed by atoms with Crippen LogP contribution in [0.15, 0.2) is 0 Å². The second kappa shape index (κ2) is 4.45. The van der Waals surface area contributed by atoms with Gasteiger partial charge in [-0.1, -0.05) is 39.5 Å². The van der Waals surface area contributed by atoms with Crippen LogP contribution in [0, 0.1) is 17.8 Å². The third-order valence-electron chi connectivity index (χ3n) is 4.51. The Hall–Kier alpha value is -0.0400. The second-order valence-corrected chi connectivity index (χ2v) is 6.31. The number of aliphatic hydroxyl groups is 1. The average molecular weight is 210 g/mol. The SMILES string of the molecule is CC(C)C1CCCC(O)(CC2CC2)CC1. The molecule has 2 rings (SSSR count). The van der Waals surface area contributed by atoms with Gasteiger partial charge in [-0.25, -0.2) is 0 Å². The van der Waals surface area contributed by atoms with Gasteiger partial charge in [0.15, 0.2) is 0 Å².